The van der Waals surface area contributed by atoms with Crippen LogP contribution in [-0.4, -0.2) is 54.3 Å². The van der Waals surface area contributed by atoms with Crippen LogP contribution in [0.3, 0.4) is 0 Å². The number of urea groups is 1. The molecule has 0 spiro atoms. The number of imide groups is 1. The molecule has 2 heterocycles. The molecule has 2 aliphatic heterocycles. The highest BCUT2D eigenvalue weighted by atomic mass is 16.2. The summed E-state index contributed by atoms with van der Waals surface area (Å²) in [5.74, 6) is -0.722. The average Bonchev–Trinajstić information content (AvgIpc) is 2.89. The number of hydrogen-bond acceptors (Lipinski definition) is 4. The van der Waals surface area contributed by atoms with E-state index >= 15 is 0 Å². The predicted octanol–water partition coefficient (Wildman–Crippen LogP) is -2.07. The monoisotopic (exact) mass is 254 g/mol. The minimum atomic E-state index is -0.499. The van der Waals surface area contributed by atoms with Gasteiger partial charge in [0.05, 0.1) is 6.54 Å². The molecule has 0 aromatic carbocycles. The van der Waals surface area contributed by atoms with Gasteiger partial charge < -0.3 is 16.0 Å². The van der Waals surface area contributed by atoms with Gasteiger partial charge >= 0.3 is 6.03 Å². The lowest BCUT2D eigenvalue weighted by atomic mass is 10.2. The molecule has 98 valence electrons. The van der Waals surface area contributed by atoms with Crippen molar-refractivity contribution < 1.29 is 19.2 Å². The molecule has 5 amide bonds. The molecule has 1 atom stereocenters. The van der Waals surface area contributed by atoms with Gasteiger partial charge in [-0.05, 0) is 6.42 Å². The Labute approximate surface area is 103 Å². The molecule has 2 saturated heterocycles. The Hall–Kier alpha value is -2.12. The maximum Gasteiger partial charge on any atom is 0.324 e. The first-order chi connectivity index (χ1) is 8.58. The zero-order chi connectivity index (χ0) is 13.1. The Kier molecular flexibility index (Phi) is 3.45. The van der Waals surface area contributed by atoms with E-state index < -0.39 is 12.1 Å². The van der Waals surface area contributed by atoms with E-state index in [1.165, 1.54) is 0 Å². The summed E-state index contributed by atoms with van der Waals surface area (Å²) in [4.78, 5) is 46.0. The number of hydrogen-bond donors (Lipinski definition) is 3. The van der Waals surface area contributed by atoms with Crippen LogP contribution < -0.4 is 16.0 Å². The number of nitrogens with one attached hydrogen (secondary N) is 3. The van der Waals surface area contributed by atoms with Gasteiger partial charge in [-0.15, -0.1) is 0 Å². The summed E-state index contributed by atoms with van der Waals surface area (Å²) in [5.41, 5.74) is 0. The van der Waals surface area contributed by atoms with Crippen molar-refractivity contribution in [2.24, 2.45) is 0 Å². The van der Waals surface area contributed by atoms with Crippen molar-refractivity contribution in [3.63, 3.8) is 0 Å². The van der Waals surface area contributed by atoms with Crippen LogP contribution in [0, 0.1) is 0 Å². The summed E-state index contributed by atoms with van der Waals surface area (Å²) in [6.45, 7) is 0.326. The van der Waals surface area contributed by atoms with Crippen LogP contribution in [0.25, 0.3) is 0 Å². The van der Waals surface area contributed by atoms with Gasteiger partial charge in [-0.1, -0.05) is 0 Å². The van der Waals surface area contributed by atoms with Gasteiger partial charge in [0.2, 0.25) is 17.7 Å². The maximum absolute atomic E-state index is 11.6. The molecule has 0 aromatic rings. The number of nitrogens with zero attached hydrogens (tertiary/aromatic N) is 1. The molecule has 8 nitrogen and oxygen atoms in total. The molecule has 0 radical (unpaired) electrons. The standard InChI is InChI=1S/C10H14N4O4/c15-7-2-1-6(13-7)9(17)11-3-4-14-8(16)5-12-10(14)18/h6H,1-5H2,(H,11,17)(H,12,18)(H,13,15). The van der Waals surface area contributed by atoms with E-state index in [9.17, 15) is 19.2 Å². The second kappa shape index (κ2) is 5.03. The van der Waals surface area contributed by atoms with Crippen LogP contribution in [0.15, 0.2) is 0 Å². The Bertz CT molecular complexity index is 393. The van der Waals surface area contributed by atoms with Crippen LogP contribution in [0.1, 0.15) is 12.8 Å². The first-order valence-electron chi connectivity index (χ1n) is 5.73. The minimum absolute atomic E-state index is 0.00542. The third-order valence-electron chi connectivity index (χ3n) is 2.88. The Morgan fingerprint density at radius 2 is 2.17 bits per heavy atom. The number of carbonyl (C=O) groups is 4. The summed E-state index contributed by atoms with van der Waals surface area (Å²) in [6.07, 6.45) is 0.832. The average molecular weight is 254 g/mol. The van der Waals surface area contributed by atoms with Crippen molar-refractivity contribution in [1.82, 2.24) is 20.9 Å². The molecule has 0 saturated carbocycles. The fraction of sp³-hybridized carbons (Fsp3) is 0.600. The normalized spacial score (nSPS) is 23.0. The smallest absolute Gasteiger partial charge is 0.324 e. The molecule has 0 aromatic heterocycles. The zero-order valence-electron chi connectivity index (χ0n) is 9.69. The van der Waals surface area contributed by atoms with Crippen molar-refractivity contribution in [3.05, 3.63) is 0 Å². The van der Waals surface area contributed by atoms with Crippen LogP contribution in [0.4, 0.5) is 4.79 Å². The quantitative estimate of drug-likeness (QED) is 0.501. The van der Waals surface area contributed by atoms with Crippen LogP contribution in [0.2, 0.25) is 0 Å². The predicted molar refractivity (Wildman–Crippen MR) is 59.3 cm³/mol. The van der Waals surface area contributed by atoms with Crippen molar-refractivity contribution in [2.75, 3.05) is 19.6 Å². The highest BCUT2D eigenvalue weighted by Gasteiger charge is 2.29. The van der Waals surface area contributed by atoms with Crippen molar-refractivity contribution in [1.29, 1.82) is 0 Å². The van der Waals surface area contributed by atoms with E-state index in [1.807, 2.05) is 0 Å². The fourth-order valence-corrected chi connectivity index (χ4v) is 1.91. The Morgan fingerprint density at radius 1 is 1.39 bits per heavy atom. The van der Waals surface area contributed by atoms with E-state index in [-0.39, 0.29) is 37.4 Å². The third-order valence-corrected chi connectivity index (χ3v) is 2.88. The highest BCUT2D eigenvalue weighted by molar-refractivity contribution is 6.02. The van der Waals surface area contributed by atoms with Gasteiger partial charge in [0.15, 0.2) is 0 Å². The number of rotatable bonds is 4. The summed E-state index contributed by atoms with van der Waals surface area (Å²) in [6, 6.07) is -0.941. The SMILES string of the molecule is O=C1CCC(C(=O)NCCN2C(=O)CNC2=O)N1. The van der Waals surface area contributed by atoms with E-state index in [0.717, 1.165) is 4.90 Å². The lowest BCUT2D eigenvalue weighted by Gasteiger charge is -2.14. The Morgan fingerprint density at radius 3 is 2.72 bits per heavy atom. The van der Waals surface area contributed by atoms with Gasteiger partial charge in [-0.2, -0.15) is 0 Å². The fourth-order valence-electron chi connectivity index (χ4n) is 1.91. The molecule has 2 fully saturated rings. The molecule has 1 unspecified atom stereocenters. The van der Waals surface area contributed by atoms with E-state index in [2.05, 4.69) is 16.0 Å². The highest BCUT2D eigenvalue weighted by Crippen LogP contribution is 2.06. The molecule has 0 bridgehead atoms. The molecular weight excluding hydrogens is 240 g/mol. The molecule has 8 heteroatoms. The summed E-state index contributed by atoms with van der Waals surface area (Å²) >= 11 is 0. The van der Waals surface area contributed by atoms with Gasteiger partial charge in [-0.25, -0.2) is 4.79 Å². The molecule has 2 rings (SSSR count). The summed E-state index contributed by atoms with van der Waals surface area (Å²) in [7, 11) is 0. The second-order valence-corrected chi connectivity index (χ2v) is 4.15. The lowest BCUT2D eigenvalue weighted by Crippen LogP contribution is -2.45. The summed E-state index contributed by atoms with van der Waals surface area (Å²) in [5, 5.41) is 7.51. The van der Waals surface area contributed by atoms with Gasteiger partial charge in [-0.3, -0.25) is 19.3 Å². The molecule has 3 N–H and O–H groups in total. The second-order valence-electron chi connectivity index (χ2n) is 4.15. The first kappa shape index (κ1) is 12.3. The van der Waals surface area contributed by atoms with E-state index in [4.69, 9.17) is 0 Å². The van der Waals surface area contributed by atoms with Crippen LogP contribution in [-0.2, 0) is 14.4 Å². The summed E-state index contributed by atoms with van der Waals surface area (Å²) < 4.78 is 0. The number of carbonyl (C=O) groups excluding carboxylic acids is 4. The third kappa shape index (κ3) is 2.58. The lowest BCUT2D eigenvalue weighted by molar-refractivity contribution is -0.127. The number of amides is 5. The van der Waals surface area contributed by atoms with Gasteiger partial charge in [0.25, 0.3) is 0 Å². The maximum atomic E-state index is 11.6. The van der Waals surface area contributed by atoms with E-state index in [1.54, 1.807) is 0 Å². The van der Waals surface area contributed by atoms with Crippen LogP contribution in [0.5, 0.6) is 0 Å². The van der Waals surface area contributed by atoms with Crippen molar-refractivity contribution in [3.8, 4) is 0 Å². The largest absolute Gasteiger partial charge is 0.353 e. The van der Waals surface area contributed by atoms with Crippen LogP contribution >= 0.6 is 0 Å². The van der Waals surface area contributed by atoms with Gasteiger partial charge in [0.1, 0.15) is 6.04 Å². The minimum Gasteiger partial charge on any atom is -0.353 e. The molecule has 2 aliphatic rings. The zero-order valence-corrected chi connectivity index (χ0v) is 9.69. The molecule has 18 heavy (non-hydrogen) atoms. The molecule has 0 aliphatic carbocycles. The Balaban J connectivity index is 1.72. The topological polar surface area (TPSA) is 108 Å². The van der Waals surface area contributed by atoms with Crippen molar-refractivity contribution >= 4 is 23.8 Å². The van der Waals surface area contributed by atoms with Gasteiger partial charge in [0, 0.05) is 19.5 Å². The van der Waals surface area contributed by atoms with E-state index in [0.29, 0.717) is 12.8 Å². The molecular formula is C10H14N4O4. The van der Waals surface area contributed by atoms with Crippen molar-refractivity contribution in [2.45, 2.75) is 18.9 Å². The first-order valence-corrected chi connectivity index (χ1v) is 5.73.